The van der Waals surface area contributed by atoms with E-state index in [2.05, 4.69) is 34.7 Å². The summed E-state index contributed by atoms with van der Waals surface area (Å²) in [6.45, 7) is 4.78. The second-order valence-electron chi connectivity index (χ2n) is 12.6. The summed E-state index contributed by atoms with van der Waals surface area (Å²) < 4.78 is 33.9. The van der Waals surface area contributed by atoms with Crippen molar-refractivity contribution in [1.29, 1.82) is 0 Å². The summed E-state index contributed by atoms with van der Waals surface area (Å²) in [5.41, 5.74) is -4.30. The van der Waals surface area contributed by atoms with E-state index < -0.39 is 40.3 Å². The van der Waals surface area contributed by atoms with E-state index >= 15 is 8.78 Å². The Hall–Kier alpha value is -1.14. The number of nitrogens with zero attached hydrogens (tertiary/aromatic N) is 1. The minimum absolute atomic E-state index is 0.0359. The van der Waals surface area contributed by atoms with Crippen molar-refractivity contribution in [3.8, 4) is 0 Å². The molecule has 4 aliphatic carbocycles. The van der Waals surface area contributed by atoms with Gasteiger partial charge in [0.25, 0.3) is 0 Å². The highest BCUT2D eigenvalue weighted by Crippen LogP contribution is 2.73. The van der Waals surface area contributed by atoms with Crippen LogP contribution in [0.5, 0.6) is 0 Å². The molecule has 6 rings (SSSR count). The lowest BCUT2D eigenvalue weighted by Crippen LogP contribution is -2.70. The zero-order chi connectivity index (χ0) is 28.5. The van der Waals surface area contributed by atoms with Crippen molar-refractivity contribution in [2.24, 2.45) is 28.6 Å². The SMILES string of the molecule is C[C@]12C=CC(=O)C=C1[C@@H](F)C[C@H]1[C@@H]3C[C@H]4CN(CCCc5ccccc5)O[C@@]4(C(=O)SCI)[C@@]3(C)C[C@H](O)[C@@]12F. The highest BCUT2D eigenvalue weighted by Gasteiger charge is 2.79. The summed E-state index contributed by atoms with van der Waals surface area (Å²) in [4.78, 5) is 32.8. The third kappa shape index (κ3) is 3.93. The molecule has 1 aromatic carbocycles. The molecule has 0 aromatic heterocycles. The fraction of sp³-hybridized carbons (Fsp3) is 0.613. The number of aliphatic hydroxyl groups excluding tert-OH is 1. The molecule has 5 nitrogen and oxygen atoms in total. The molecule has 40 heavy (non-hydrogen) atoms. The van der Waals surface area contributed by atoms with Crippen LogP contribution in [0.1, 0.15) is 45.1 Å². The van der Waals surface area contributed by atoms with Crippen LogP contribution in [0.15, 0.2) is 54.1 Å². The van der Waals surface area contributed by atoms with Crippen molar-refractivity contribution in [3.63, 3.8) is 0 Å². The first-order chi connectivity index (χ1) is 19.0. The Morgan fingerprint density at radius 3 is 2.70 bits per heavy atom. The number of hydroxylamine groups is 2. The van der Waals surface area contributed by atoms with Gasteiger partial charge in [0.2, 0.25) is 5.12 Å². The maximum absolute atomic E-state index is 17.5. The number of hydrogen-bond acceptors (Lipinski definition) is 6. The summed E-state index contributed by atoms with van der Waals surface area (Å²) in [5.74, 6) is -1.70. The number of halogens is 3. The summed E-state index contributed by atoms with van der Waals surface area (Å²) in [5, 5.41) is 13.5. The molecule has 0 unspecified atom stereocenters. The standard InChI is InChI=1S/C31H36F2INO4S/c1-28-11-10-21(36)14-24(28)25(32)15-23-22-13-20-17-35(12-6-9-19-7-4-3-5-8-19)39-31(20,27(38)40-18-34)29(22,2)16-26(37)30(23,28)33/h3-5,7-8,10-11,14,20,22-23,25-26,37H,6,9,12-13,15-18H2,1-2H3/t20-,22-,23-,25-,26-,28-,29-,30-,31-/m0/s1. The zero-order valence-electron chi connectivity index (χ0n) is 22.8. The lowest BCUT2D eigenvalue weighted by molar-refractivity contribution is -0.263. The molecule has 4 fully saturated rings. The molecule has 1 aromatic rings. The number of benzene rings is 1. The van der Waals surface area contributed by atoms with Gasteiger partial charge in [0.15, 0.2) is 17.1 Å². The topological polar surface area (TPSA) is 66.8 Å². The van der Waals surface area contributed by atoms with Crippen molar-refractivity contribution < 1.29 is 28.3 Å². The number of rotatable bonds is 6. The van der Waals surface area contributed by atoms with Gasteiger partial charge in [-0.05, 0) is 68.2 Å². The van der Waals surface area contributed by atoms with E-state index in [1.165, 1.54) is 35.6 Å². The predicted octanol–water partition coefficient (Wildman–Crippen LogP) is 5.80. The zero-order valence-corrected chi connectivity index (χ0v) is 25.8. The summed E-state index contributed by atoms with van der Waals surface area (Å²) in [6, 6.07) is 10.2. The van der Waals surface area contributed by atoms with Gasteiger partial charge in [0.1, 0.15) is 6.17 Å². The fourth-order valence-corrected chi connectivity index (χ4v) is 10.7. The van der Waals surface area contributed by atoms with E-state index in [4.69, 9.17) is 4.84 Å². The van der Waals surface area contributed by atoms with Gasteiger partial charge in [0, 0.05) is 35.8 Å². The third-order valence-corrected chi connectivity index (χ3v) is 12.5. The average molecular weight is 684 g/mol. The number of ketones is 1. The fourth-order valence-electron chi connectivity index (χ4n) is 9.06. The number of allylic oxidation sites excluding steroid dienone is 4. The number of alkyl halides is 3. The molecule has 9 heteroatoms. The van der Waals surface area contributed by atoms with Crippen LogP contribution in [-0.2, 0) is 20.8 Å². The largest absolute Gasteiger partial charge is 0.390 e. The Bertz CT molecular complexity index is 1260. The van der Waals surface area contributed by atoms with Gasteiger partial charge in [-0.25, -0.2) is 8.78 Å². The number of carbonyl (C=O) groups excluding carboxylic acids is 2. The monoisotopic (exact) mass is 683 g/mol. The maximum Gasteiger partial charge on any atom is 0.224 e. The molecule has 1 heterocycles. The Morgan fingerprint density at radius 1 is 1.23 bits per heavy atom. The molecule has 1 saturated heterocycles. The van der Waals surface area contributed by atoms with Gasteiger partial charge in [-0.1, -0.05) is 77.7 Å². The van der Waals surface area contributed by atoms with E-state index in [1.54, 1.807) is 6.92 Å². The molecule has 0 radical (unpaired) electrons. The van der Waals surface area contributed by atoms with Crippen molar-refractivity contribution in [2.45, 2.75) is 69.5 Å². The maximum atomic E-state index is 17.5. The Morgan fingerprint density at radius 2 is 1.98 bits per heavy atom. The minimum atomic E-state index is -2.16. The normalized spacial score (nSPS) is 44.0. The summed E-state index contributed by atoms with van der Waals surface area (Å²) in [7, 11) is 0. The van der Waals surface area contributed by atoms with Crippen molar-refractivity contribution in [1.82, 2.24) is 5.06 Å². The Labute approximate surface area is 252 Å². The highest BCUT2D eigenvalue weighted by molar-refractivity contribution is 14.1. The van der Waals surface area contributed by atoms with Crippen molar-refractivity contribution in [3.05, 3.63) is 59.7 Å². The number of fused-ring (bicyclic) bond motifs is 7. The second kappa shape index (κ2) is 10.2. The molecule has 216 valence electrons. The summed E-state index contributed by atoms with van der Waals surface area (Å²) in [6.07, 6.45) is 3.24. The van der Waals surface area contributed by atoms with E-state index in [9.17, 15) is 14.7 Å². The molecule has 0 spiro atoms. The van der Waals surface area contributed by atoms with Crippen LogP contribution in [0.25, 0.3) is 0 Å². The smallest absolute Gasteiger partial charge is 0.224 e. The Balaban J connectivity index is 1.32. The number of aryl methyl sites for hydroxylation is 1. The van der Waals surface area contributed by atoms with Crippen molar-refractivity contribution >= 4 is 45.3 Å². The van der Waals surface area contributed by atoms with Crippen LogP contribution in [0.3, 0.4) is 0 Å². The lowest BCUT2D eigenvalue weighted by atomic mass is 9.44. The van der Waals surface area contributed by atoms with Crippen LogP contribution in [-0.4, -0.2) is 61.5 Å². The molecular weight excluding hydrogens is 647 g/mol. The van der Waals surface area contributed by atoms with E-state index in [0.717, 1.165) is 12.8 Å². The minimum Gasteiger partial charge on any atom is -0.390 e. The molecular formula is C31H36F2INO4S. The van der Waals surface area contributed by atoms with E-state index in [0.29, 0.717) is 23.3 Å². The number of aliphatic hydroxyl groups is 1. The third-order valence-electron chi connectivity index (χ3n) is 10.9. The predicted molar refractivity (Wildman–Crippen MR) is 159 cm³/mol. The second-order valence-corrected chi connectivity index (χ2v) is 15.4. The number of hydrogen-bond donors (Lipinski definition) is 1. The van der Waals surface area contributed by atoms with Crippen LogP contribution in [0, 0.1) is 28.6 Å². The van der Waals surface area contributed by atoms with Crippen LogP contribution in [0.4, 0.5) is 8.78 Å². The molecule has 0 bridgehead atoms. The number of carbonyl (C=O) groups is 2. The quantitative estimate of drug-likeness (QED) is 0.302. The summed E-state index contributed by atoms with van der Waals surface area (Å²) >= 11 is 3.37. The molecule has 3 saturated carbocycles. The van der Waals surface area contributed by atoms with Crippen LogP contribution < -0.4 is 0 Å². The molecule has 9 atom stereocenters. The van der Waals surface area contributed by atoms with Gasteiger partial charge in [-0.2, -0.15) is 5.06 Å². The Kier molecular flexibility index (Phi) is 7.42. The molecule has 0 amide bonds. The van der Waals surface area contributed by atoms with Gasteiger partial charge < -0.3 is 5.11 Å². The van der Waals surface area contributed by atoms with Gasteiger partial charge in [-0.3, -0.25) is 14.4 Å². The highest BCUT2D eigenvalue weighted by atomic mass is 127. The van der Waals surface area contributed by atoms with Crippen LogP contribution >= 0.6 is 34.4 Å². The lowest BCUT2D eigenvalue weighted by Gasteiger charge is -2.63. The van der Waals surface area contributed by atoms with E-state index in [-0.39, 0.29) is 41.1 Å². The molecule has 1 N–H and O–H groups in total. The average Bonchev–Trinajstić information content (AvgIpc) is 3.40. The first-order valence-electron chi connectivity index (χ1n) is 14.2. The first-order valence-corrected chi connectivity index (χ1v) is 16.7. The molecule has 1 aliphatic heterocycles. The van der Waals surface area contributed by atoms with Crippen LogP contribution in [0.2, 0.25) is 0 Å². The van der Waals surface area contributed by atoms with Gasteiger partial charge >= 0.3 is 0 Å². The van der Waals surface area contributed by atoms with E-state index in [1.807, 2.05) is 30.2 Å². The van der Waals surface area contributed by atoms with Crippen molar-refractivity contribution in [2.75, 3.05) is 16.8 Å². The van der Waals surface area contributed by atoms with Gasteiger partial charge in [-0.15, -0.1) is 0 Å². The number of thioether (sulfide) groups is 1. The first kappa shape index (κ1) is 29.0. The molecule has 5 aliphatic rings. The van der Waals surface area contributed by atoms with Gasteiger partial charge in [0.05, 0.1) is 9.86 Å².